The van der Waals surface area contributed by atoms with Gasteiger partial charge in [0.05, 0.1) is 18.0 Å². The maximum absolute atomic E-state index is 12.5. The van der Waals surface area contributed by atoms with Crippen molar-refractivity contribution in [2.24, 2.45) is 7.05 Å². The molecule has 26 heavy (non-hydrogen) atoms. The number of hydrogen-bond donors (Lipinski definition) is 0. The van der Waals surface area contributed by atoms with Crippen molar-refractivity contribution in [3.05, 3.63) is 64.2 Å². The molecule has 7 heteroatoms. The molecule has 0 radical (unpaired) electrons. The number of benzene rings is 2. The van der Waals surface area contributed by atoms with Crippen LogP contribution in [0.2, 0.25) is 0 Å². The van der Waals surface area contributed by atoms with Crippen molar-refractivity contribution in [1.29, 1.82) is 0 Å². The van der Waals surface area contributed by atoms with Crippen LogP contribution >= 0.6 is 0 Å². The molecule has 0 bridgehead atoms. The summed E-state index contributed by atoms with van der Waals surface area (Å²) in [4.78, 5) is 12.5. The Labute approximate surface area is 149 Å². The van der Waals surface area contributed by atoms with Crippen LogP contribution in [-0.2, 0) is 13.7 Å². The van der Waals surface area contributed by atoms with Crippen LogP contribution in [0.5, 0.6) is 11.5 Å². The van der Waals surface area contributed by atoms with E-state index in [1.807, 2.05) is 47.7 Å². The summed E-state index contributed by atoms with van der Waals surface area (Å²) in [7, 11) is 3.30. The van der Waals surface area contributed by atoms with E-state index < -0.39 is 0 Å². The molecule has 0 saturated carbocycles. The Kier molecular flexibility index (Phi) is 3.84. The van der Waals surface area contributed by atoms with E-state index in [-0.39, 0.29) is 12.2 Å². The summed E-state index contributed by atoms with van der Waals surface area (Å²) in [6.45, 7) is 2.19. The molecule has 0 unspecified atom stereocenters. The highest BCUT2D eigenvalue weighted by atomic mass is 16.5. The minimum absolute atomic E-state index is 0.104. The first-order valence-electron chi connectivity index (χ1n) is 8.19. The van der Waals surface area contributed by atoms with Gasteiger partial charge in [-0.1, -0.05) is 18.2 Å². The number of hydrogen-bond acceptors (Lipinski definition) is 5. The number of aromatic nitrogens is 4. The van der Waals surface area contributed by atoms with Gasteiger partial charge in [0.15, 0.2) is 17.3 Å². The highest BCUT2D eigenvalue weighted by molar-refractivity contribution is 5.80. The number of rotatable bonds is 4. The summed E-state index contributed by atoms with van der Waals surface area (Å²) in [5.41, 5.74) is 1.74. The van der Waals surface area contributed by atoms with E-state index in [9.17, 15) is 4.79 Å². The molecule has 4 rings (SSSR count). The molecule has 0 fully saturated rings. The first-order valence-corrected chi connectivity index (χ1v) is 8.19. The van der Waals surface area contributed by atoms with Crippen LogP contribution in [0.25, 0.3) is 16.7 Å². The Morgan fingerprint density at radius 3 is 2.69 bits per heavy atom. The molecule has 4 aromatic rings. The largest absolute Gasteiger partial charge is 0.493 e. The fraction of sp³-hybridized carbons (Fsp3) is 0.211. The zero-order valence-corrected chi connectivity index (χ0v) is 14.8. The third kappa shape index (κ3) is 2.48. The lowest BCUT2D eigenvalue weighted by atomic mass is 10.2. The molecule has 2 aromatic heterocycles. The fourth-order valence-corrected chi connectivity index (χ4v) is 3.02. The van der Waals surface area contributed by atoms with Crippen LogP contribution in [0.3, 0.4) is 0 Å². The molecule has 2 aromatic carbocycles. The monoisotopic (exact) mass is 350 g/mol. The number of para-hydroxylation sites is 1. The predicted molar refractivity (Wildman–Crippen MR) is 97.8 cm³/mol. The van der Waals surface area contributed by atoms with Crippen molar-refractivity contribution in [1.82, 2.24) is 19.2 Å². The summed E-state index contributed by atoms with van der Waals surface area (Å²) < 4.78 is 14.6. The van der Waals surface area contributed by atoms with E-state index in [2.05, 4.69) is 10.2 Å². The van der Waals surface area contributed by atoms with Gasteiger partial charge in [-0.25, -0.2) is 0 Å². The molecule has 0 aliphatic rings. The second-order valence-corrected chi connectivity index (χ2v) is 6.08. The number of aryl methyl sites for hydroxylation is 2. The third-order valence-electron chi connectivity index (χ3n) is 4.37. The molecule has 0 aliphatic carbocycles. The van der Waals surface area contributed by atoms with E-state index in [0.29, 0.717) is 28.5 Å². The highest BCUT2D eigenvalue weighted by Crippen LogP contribution is 2.28. The quantitative estimate of drug-likeness (QED) is 0.565. The van der Waals surface area contributed by atoms with Crippen molar-refractivity contribution < 1.29 is 9.47 Å². The first-order chi connectivity index (χ1) is 12.6. The lowest BCUT2D eigenvalue weighted by Gasteiger charge is -2.11. The highest BCUT2D eigenvalue weighted by Gasteiger charge is 2.15. The molecule has 0 atom stereocenters. The Balaban J connectivity index is 1.80. The van der Waals surface area contributed by atoms with Gasteiger partial charge in [0.1, 0.15) is 6.61 Å². The zero-order chi connectivity index (χ0) is 18.3. The minimum atomic E-state index is -0.104. The van der Waals surface area contributed by atoms with Gasteiger partial charge in [-0.15, -0.1) is 10.2 Å². The molecule has 0 aliphatic heterocycles. The lowest BCUT2D eigenvalue weighted by Crippen LogP contribution is -2.20. The van der Waals surface area contributed by atoms with Gasteiger partial charge in [-0.2, -0.15) is 0 Å². The Morgan fingerprint density at radius 1 is 1.08 bits per heavy atom. The Hall–Kier alpha value is -3.35. The SMILES string of the molecule is COc1cc(C)ccc1OCc1nnc2n(C)c(=O)c3ccccc3n12. The van der Waals surface area contributed by atoms with Gasteiger partial charge in [-0.3, -0.25) is 13.8 Å². The summed E-state index contributed by atoms with van der Waals surface area (Å²) in [6, 6.07) is 13.1. The minimum Gasteiger partial charge on any atom is -0.493 e. The average molecular weight is 350 g/mol. The molecule has 132 valence electrons. The smallest absolute Gasteiger partial charge is 0.262 e. The predicted octanol–water partition coefficient (Wildman–Crippen LogP) is 2.48. The average Bonchev–Trinajstić information content (AvgIpc) is 3.09. The molecule has 0 amide bonds. The number of nitrogens with zero attached hydrogens (tertiary/aromatic N) is 4. The van der Waals surface area contributed by atoms with Crippen LogP contribution in [-0.4, -0.2) is 26.3 Å². The van der Waals surface area contributed by atoms with Crippen LogP contribution in [0.15, 0.2) is 47.3 Å². The van der Waals surface area contributed by atoms with Crippen LogP contribution in [0.1, 0.15) is 11.4 Å². The fourth-order valence-electron chi connectivity index (χ4n) is 3.02. The van der Waals surface area contributed by atoms with Crippen LogP contribution < -0.4 is 15.0 Å². The Morgan fingerprint density at radius 2 is 1.88 bits per heavy atom. The van der Waals surface area contributed by atoms with Crippen LogP contribution in [0.4, 0.5) is 0 Å². The van der Waals surface area contributed by atoms with E-state index in [0.717, 1.165) is 11.1 Å². The summed E-state index contributed by atoms with van der Waals surface area (Å²) in [6.07, 6.45) is 0. The third-order valence-corrected chi connectivity index (χ3v) is 4.37. The maximum Gasteiger partial charge on any atom is 0.262 e. The second kappa shape index (κ2) is 6.18. The van der Waals surface area contributed by atoms with E-state index in [1.54, 1.807) is 20.2 Å². The van der Waals surface area contributed by atoms with E-state index in [1.165, 1.54) is 4.57 Å². The number of ether oxygens (including phenoxy) is 2. The van der Waals surface area contributed by atoms with Gasteiger partial charge in [0.2, 0.25) is 5.78 Å². The molecular formula is C19H18N4O3. The number of methoxy groups -OCH3 is 1. The van der Waals surface area contributed by atoms with Crippen molar-refractivity contribution in [2.75, 3.05) is 7.11 Å². The molecule has 0 saturated heterocycles. The second-order valence-electron chi connectivity index (χ2n) is 6.08. The van der Waals surface area contributed by atoms with Crippen molar-refractivity contribution in [2.45, 2.75) is 13.5 Å². The standard InChI is InChI=1S/C19H18N4O3/c1-12-8-9-15(16(10-12)25-3)26-11-17-20-21-19-22(2)18(24)13-6-4-5-7-14(13)23(17)19/h4-10H,11H2,1-3H3. The van der Waals surface area contributed by atoms with Crippen molar-refractivity contribution in [3.63, 3.8) is 0 Å². The molecule has 2 heterocycles. The molecule has 7 nitrogen and oxygen atoms in total. The van der Waals surface area contributed by atoms with Gasteiger partial charge >= 0.3 is 0 Å². The number of fused-ring (bicyclic) bond motifs is 3. The Bertz CT molecular complexity index is 1180. The lowest BCUT2D eigenvalue weighted by molar-refractivity contribution is 0.275. The molecule has 0 N–H and O–H groups in total. The summed E-state index contributed by atoms with van der Waals surface area (Å²) >= 11 is 0. The van der Waals surface area contributed by atoms with Crippen molar-refractivity contribution in [3.8, 4) is 11.5 Å². The first kappa shape index (κ1) is 16.1. The topological polar surface area (TPSA) is 70.7 Å². The summed E-state index contributed by atoms with van der Waals surface area (Å²) in [5, 5.41) is 8.99. The van der Waals surface area contributed by atoms with E-state index in [4.69, 9.17) is 9.47 Å². The normalized spacial score (nSPS) is 11.2. The zero-order valence-electron chi connectivity index (χ0n) is 14.8. The van der Waals surface area contributed by atoms with E-state index >= 15 is 0 Å². The van der Waals surface area contributed by atoms with Gasteiger partial charge in [0.25, 0.3) is 5.56 Å². The van der Waals surface area contributed by atoms with Crippen LogP contribution in [0, 0.1) is 6.92 Å². The van der Waals surface area contributed by atoms with Gasteiger partial charge in [0, 0.05) is 7.05 Å². The summed E-state index contributed by atoms with van der Waals surface area (Å²) in [5.74, 6) is 2.37. The molecular weight excluding hydrogens is 332 g/mol. The maximum atomic E-state index is 12.5. The van der Waals surface area contributed by atoms with Crippen molar-refractivity contribution >= 4 is 16.7 Å². The van der Waals surface area contributed by atoms with Gasteiger partial charge in [-0.05, 0) is 36.8 Å². The van der Waals surface area contributed by atoms with Gasteiger partial charge < -0.3 is 9.47 Å². The molecule has 0 spiro atoms.